The number of hydrogen-bond donors (Lipinski definition) is 2. The number of hydrogen-bond acceptors (Lipinski definition) is 14. The quantitative estimate of drug-likeness (QED) is 0.0348. The van der Waals surface area contributed by atoms with Crippen LogP contribution < -0.4 is 23.7 Å². The van der Waals surface area contributed by atoms with Crippen molar-refractivity contribution in [2.24, 2.45) is 22.9 Å². The predicted octanol–water partition coefficient (Wildman–Crippen LogP) is 9.90. The number of rotatable bonds is 21. The summed E-state index contributed by atoms with van der Waals surface area (Å²) in [7, 11) is 0. The molecule has 1 saturated carbocycles. The van der Waals surface area contributed by atoms with E-state index in [9.17, 15) is 24.7 Å². The Bertz CT molecular complexity index is 2590. The molecular formula is C54H60FN3O13. The van der Waals surface area contributed by atoms with Gasteiger partial charge in [-0.05, 0) is 110 Å². The third kappa shape index (κ3) is 10.9. The van der Waals surface area contributed by atoms with E-state index >= 15 is 4.79 Å². The van der Waals surface area contributed by atoms with Crippen LogP contribution in [-0.4, -0.2) is 83.2 Å². The third-order valence-electron chi connectivity index (χ3n) is 14.1. The van der Waals surface area contributed by atoms with E-state index in [1.54, 1.807) is 47.4 Å². The molecule has 1 unspecified atom stereocenters. The number of unbranched alkanes of at least 4 members (excludes halogenated alkanes) is 2. The van der Waals surface area contributed by atoms with E-state index in [0.29, 0.717) is 78.5 Å². The van der Waals surface area contributed by atoms with Crippen molar-refractivity contribution in [3.63, 3.8) is 0 Å². The van der Waals surface area contributed by atoms with Gasteiger partial charge >= 0.3 is 6.09 Å². The molecular weight excluding hydrogens is 918 g/mol. The molecule has 17 heteroatoms. The summed E-state index contributed by atoms with van der Waals surface area (Å²) in [5, 5.41) is 36.6. The molecule has 3 heterocycles. The Kier molecular flexibility index (Phi) is 15.8. The predicted molar refractivity (Wildman–Crippen MR) is 258 cm³/mol. The molecule has 376 valence electrons. The second kappa shape index (κ2) is 22.7. The number of amides is 1. The van der Waals surface area contributed by atoms with E-state index < -0.39 is 41.0 Å². The summed E-state index contributed by atoms with van der Waals surface area (Å²) in [5.41, 5.74) is 3.07. The average Bonchev–Trinajstić information content (AvgIpc) is 3.86. The zero-order valence-electron chi connectivity index (χ0n) is 39.5. The standard InChI is InChI=1S/C54H60FN3O13/c1-2-26-68-54-49(57(32-35-16-22-47-48(28-35)67-34-66-47)53(61)69-39-19-17-38(18-20-39)58(62)63)31-45(56-71-50-15-7-10-27-64-50)42-29-36(11-5-8-24-59)41(13-6-9-25-60)51(52(42)54)43-30-40(21-23-46(43)70-54)65-33-37-12-3-4-14-44(37)55/h2-4,12,14,16-23,28-30,36,41,49-52,59-60H,1,5-11,13,15,24-27,31-34H2/t36-,41+,49-,50?,51+,52+,54+/m0/s1. The maximum absolute atomic E-state index is 15.2. The van der Waals surface area contributed by atoms with Gasteiger partial charge in [0.15, 0.2) is 11.5 Å². The first-order chi connectivity index (χ1) is 34.7. The van der Waals surface area contributed by atoms with Gasteiger partial charge in [-0.1, -0.05) is 54.4 Å². The molecule has 2 N–H and O–H groups in total. The van der Waals surface area contributed by atoms with E-state index in [4.69, 9.17) is 43.2 Å². The number of nitro groups is 1. The maximum Gasteiger partial charge on any atom is 0.416 e. The minimum atomic E-state index is -1.66. The first-order valence-electron chi connectivity index (χ1n) is 24.5. The number of non-ortho nitro benzene ring substituents is 1. The number of nitrogens with zero attached hydrogens (tertiary/aromatic N) is 3. The molecule has 16 nitrogen and oxygen atoms in total. The molecule has 0 radical (unpaired) electrons. The van der Waals surface area contributed by atoms with Crippen molar-refractivity contribution in [1.29, 1.82) is 0 Å². The van der Waals surface area contributed by atoms with Crippen LogP contribution in [0.4, 0.5) is 14.9 Å². The number of fused-ring (bicyclic) bond motifs is 3. The van der Waals surface area contributed by atoms with E-state index in [0.717, 1.165) is 36.8 Å². The van der Waals surface area contributed by atoms with Gasteiger partial charge in [0.25, 0.3) is 5.69 Å². The number of aliphatic hydroxyl groups is 2. The fourth-order valence-corrected chi connectivity index (χ4v) is 10.8. The largest absolute Gasteiger partial charge is 0.489 e. The van der Waals surface area contributed by atoms with E-state index in [2.05, 4.69) is 12.7 Å². The Morgan fingerprint density at radius 2 is 1.72 bits per heavy atom. The number of halogens is 1. The van der Waals surface area contributed by atoms with E-state index in [-0.39, 0.29) is 75.3 Å². The molecule has 2 aliphatic carbocycles. The second-order valence-corrected chi connectivity index (χ2v) is 18.5. The first-order valence-corrected chi connectivity index (χ1v) is 24.5. The number of carbonyl (C=O) groups excluding carboxylic acids is 1. The van der Waals surface area contributed by atoms with Crippen molar-refractivity contribution >= 4 is 17.5 Å². The number of carbonyl (C=O) groups is 1. The molecule has 1 amide bonds. The summed E-state index contributed by atoms with van der Waals surface area (Å²) in [6.07, 6.45) is 9.02. The van der Waals surface area contributed by atoms with Gasteiger partial charge in [-0.2, -0.15) is 0 Å². The highest BCUT2D eigenvalue weighted by molar-refractivity contribution is 6.03. The van der Waals surface area contributed by atoms with E-state index in [1.807, 2.05) is 18.2 Å². The van der Waals surface area contributed by atoms with E-state index in [1.165, 1.54) is 30.3 Å². The minimum Gasteiger partial charge on any atom is -0.489 e. The van der Waals surface area contributed by atoms with Crippen LogP contribution in [0.3, 0.4) is 0 Å². The lowest BCUT2D eigenvalue weighted by molar-refractivity contribution is -0.384. The molecule has 71 heavy (non-hydrogen) atoms. The van der Waals surface area contributed by atoms with Crippen LogP contribution in [0.5, 0.6) is 28.7 Å². The Labute approximate surface area is 411 Å². The van der Waals surface area contributed by atoms with Gasteiger partial charge in [0.05, 0.1) is 29.8 Å². The van der Waals surface area contributed by atoms with Crippen LogP contribution in [0.25, 0.3) is 0 Å². The maximum atomic E-state index is 15.2. The van der Waals surface area contributed by atoms with Gasteiger partial charge in [-0.25, -0.2) is 9.18 Å². The molecule has 4 aromatic carbocycles. The number of benzene rings is 4. The van der Waals surface area contributed by atoms with Crippen LogP contribution in [0, 0.1) is 33.7 Å². The van der Waals surface area contributed by atoms with Gasteiger partial charge in [-0.15, -0.1) is 6.58 Å². The molecule has 4 aromatic rings. The summed E-state index contributed by atoms with van der Waals surface area (Å²) in [6.45, 7) is 4.60. The van der Waals surface area contributed by atoms with Gasteiger partial charge in [-0.3, -0.25) is 15.0 Å². The Hall–Kier alpha value is -6.53. The topological polar surface area (TPSA) is 190 Å². The molecule has 1 saturated heterocycles. The monoisotopic (exact) mass is 977 g/mol. The van der Waals surface area contributed by atoms with Crippen LogP contribution >= 0.6 is 0 Å². The summed E-state index contributed by atoms with van der Waals surface area (Å²) in [5.74, 6) is -1.15. The lowest BCUT2D eigenvalue weighted by Crippen LogP contribution is -2.70. The highest BCUT2D eigenvalue weighted by Gasteiger charge is 2.66. The summed E-state index contributed by atoms with van der Waals surface area (Å²) < 4.78 is 59.4. The smallest absolute Gasteiger partial charge is 0.416 e. The minimum absolute atomic E-state index is 0.00936. The molecule has 0 bridgehead atoms. The SMILES string of the molecule is C=CCO[C@@]12Oc3ccc(OCc4ccccc4F)cc3[C@H]3[C@H](CCCCO)[C@@H](CCCCO)C=C(C(=NOC4CCCCO4)C[C@@H]1N(Cc1ccc4c(c1)OCO4)C(=O)Oc1ccc([N+](=O)[O-])cc1)[C@H]32. The van der Waals surface area contributed by atoms with Gasteiger partial charge in [0.2, 0.25) is 18.9 Å². The average molecular weight is 978 g/mol. The number of allylic oxidation sites excluding steroid dienone is 1. The van der Waals surface area contributed by atoms with Crippen molar-refractivity contribution in [3.8, 4) is 28.7 Å². The zero-order chi connectivity index (χ0) is 49.3. The molecule has 7 atom stereocenters. The highest BCUT2D eigenvalue weighted by atomic mass is 19.1. The second-order valence-electron chi connectivity index (χ2n) is 18.5. The third-order valence-corrected chi connectivity index (χ3v) is 14.1. The van der Waals surface area contributed by atoms with Gasteiger partial charge in [0.1, 0.15) is 35.7 Å². The summed E-state index contributed by atoms with van der Waals surface area (Å²) >= 11 is 0. The molecule has 0 spiro atoms. The van der Waals surface area contributed by atoms with Crippen LogP contribution in [-0.2, 0) is 27.5 Å². The highest BCUT2D eigenvalue weighted by Crippen LogP contribution is 2.62. The molecule has 5 aliphatic rings. The van der Waals surface area contributed by atoms with Crippen molar-refractivity contribution in [2.75, 3.05) is 33.2 Å². The fourth-order valence-electron chi connectivity index (χ4n) is 10.8. The van der Waals surface area contributed by atoms with Crippen molar-refractivity contribution in [1.82, 2.24) is 4.90 Å². The number of nitro benzene ring substituents is 1. The number of ether oxygens (including phenoxy) is 7. The Balaban J connectivity index is 1.23. The summed E-state index contributed by atoms with van der Waals surface area (Å²) in [6, 6.07) is 21.7. The number of oxime groups is 1. The van der Waals surface area contributed by atoms with Gasteiger partial charge in [0, 0.05) is 61.8 Å². The van der Waals surface area contributed by atoms with Crippen LogP contribution in [0.15, 0.2) is 114 Å². The normalized spacial score (nSPS) is 24.4. The van der Waals surface area contributed by atoms with Crippen LogP contribution in [0.1, 0.15) is 86.8 Å². The van der Waals surface area contributed by atoms with Crippen LogP contribution in [0.2, 0.25) is 0 Å². The summed E-state index contributed by atoms with van der Waals surface area (Å²) in [4.78, 5) is 34.2. The molecule has 0 aromatic heterocycles. The molecule has 3 aliphatic heterocycles. The Morgan fingerprint density at radius 3 is 2.48 bits per heavy atom. The molecule has 2 fully saturated rings. The fraction of sp³-hybridized carbons (Fsp3) is 0.444. The first kappa shape index (κ1) is 49.5. The lowest BCUT2D eigenvalue weighted by Gasteiger charge is -2.59. The van der Waals surface area contributed by atoms with Crippen molar-refractivity contribution < 1.29 is 62.3 Å². The van der Waals surface area contributed by atoms with Crippen molar-refractivity contribution in [2.45, 2.75) is 101 Å². The van der Waals surface area contributed by atoms with Gasteiger partial charge < -0.3 is 48.2 Å². The Morgan fingerprint density at radius 1 is 0.944 bits per heavy atom. The zero-order valence-corrected chi connectivity index (χ0v) is 39.5. The molecule has 9 rings (SSSR count). The lowest BCUT2D eigenvalue weighted by atomic mass is 9.55. The van der Waals surface area contributed by atoms with Crippen molar-refractivity contribution in [3.05, 3.63) is 142 Å². The number of aliphatic hydroxyl groups excluding tert-OH is 2.